The summed E-state index contributed by atoms with van der Waals surface area (Å²) >= 11 is 0. The Labute approximate surface area is 263 Å². The van der Waals surface area contributed by atoms with E-state index in [4.69, 9.17) is 20.9 Å². The summed E-state index contributed by atoms with van der Waals surface area (Å²) in [5, 5.41) is 11.1. The first-order chi connectivity index (χ1) is 21.0. The summed E-state index contributed by atoms with van der Waals surface area (Å²) in [6.45, 7) is 5.63. The van der Waals surface area contributed by atoms with Crippen LogP contribution in [-0.2, 0) is 20.8 Å². The number of Topliss-reactive ketones (excluding diaryl/α,β-unsaturated/α-hetero) is 1. The van der Waals surface area contributed by atoms with Crippen LogP contribution in [-0.4, -0.2) is 42.0 Å². The molecule has 244 valence electrons. The lowest BCUT2D eigenvalue weighted by Crippen LogP contribution is -2.57. The number of aliphatic hydroxyl groups excluding tert-OH is 1. The molecule has 5 N–H and O–H groups in total. The third kappa shape index (κ3) is 7.11. The second kappa shape index (κ2) is 13.8. The Morgan fingerprint density at radius 2 is 1.52 bits per heavy atom. The predicted octanol–water partition coefficient (Wildman–Crippen LogP) is 5.50. The van der Waals surface area contributed by atoms with Gasteiger partial charge in [0.05, 0.1) is 19.3 Å². The van der Waals surface area contributed by atoms with Gasteiger partial charge in [-0.1, -0.05) is 13.8 Å². The van der Waals surface area contributed by atoms with Crippen molar-refractivity contribution in [1.29, 1.82) is 0 Å². The molecule has 4 saturated carbocycles. The van der Waals surface area contributed by atoms with Crippen LogP contribution in [0.5, 0.6) is 11.5 Å². The molecule has 0 bridgehead atoms. The summed E-state index contributed by atoms with van der Waals surface area (Å²) in [7, 11) is 0. The maximum atomic E-state index is 12.6. The summed E-state index contributed by atoms with van der Waals surface area (Å²) in [6, 6.07) is 5.98. The molecule has 0 radical (unpaired) electrons. The molecule has 1 unspecified atom stereocenters. The van der Waals surface area contributed by atoms with Crippen LogP contribution < -0.4 is 20.9 Å². The molecule has 4 aliphatic carbocycles. The van der Waals surface area contributed by atoms with Gasteiger partial charge < -0.3 is 26.0 Å². The van der Waals surface area contributed by atoms with Gasteiger partial charge in [-0.3, -0.25) is 14.4 Å². The fourth-order valence-electron chi connectivity index (χ4n) is 9.87. The number of carbonyl (C=O) groups excluding carboxylic acids is 3. The first kappa shape index (κ1) is 32.8. The first-order valence-corrected chi connectivity index (χ1v) is 17.2. The van der Waals surface area contributed by atoms with Gasteiger partial charge in [0.2, 0.25) is 11.8 Å². The Bertz CT molecular complexity index is 1160. The van der Waals surface area contributed by atoms with Crippen molar-refractivity contribution < 1.29 is 29.0 Å². The number of hydrogen-bond acceptors (Lipinski definition) is 6. The number of ketones is 1. The van der Waals surface area contributed by atoms with E-state index in [1.54, 1.807) is 0 Å². The average Bonchev–Trinajstić information content (AvgIpc) is 3.28. The van der Waals surface area contributed by atoms with Crippen molar-refractivity contribution >= 4 is 17.6 Å². The Morgan fingerprint density at radius 3 is 2.16 bits per heavy atom. The molecule has 0 heterocycles. The topological polar surface area (TPSA) is 142 Å². The molecule has 0 aliphatic heterocycles. The van der Waals surface area contributed by atoms with Gasteiger partial charge in [-0.25, -0.2) is 0 Å². The zero-order valence-electron chi connectivity index (χ0n) is 26.9. The molecule has 1 aromatic rings. The number of amides is 2. The zero-order valence-corrected chi connectivity index (χ0v) is 26.9. The van der Waals surface area contributed by atoms with E-state index in [0.29, 0.717) is 72.9 Å². The molecule has 0 aromatic heterocycles. The van der Waals surface area contributed by atoms with Crippen LogP contribution in [0.25, 0.3) is 0 Å². The number of aryl methyl sites for hydroxylation is 1. The number of fused-ring (bicyclic) bond motifs is 5. The Kier molecular flexibility index (Phi) is 10.3. The smallest absolute Gasteiger partial charge is 0.217 e. The number of hydrogen-bond donors (Lipinski definition) is 3. The van der Waals surface area contributed by atoms with Crippen LogP contribution in [0.15, 0.2) is 18.2 Å². The van der Waals surface area contributed by atoms with Crippen molar-refractivity contribution in [2.75, 3.05) is 13.2 Å². The summed E-state index contributed by atoms with van der Waals surface area (Å²) in [5.74, 6) is 4.03. The maximum absolute atomic E-state index is 12.6. The van der Waals surface area contributed by atoms with Crippen LogP contribution in [0, 0.1) is 40.4 Å². The summed E-state index contributed by atoms with van der Waals surface area (Å²) in [4.78, 5) is 34.9. The maximum Gasteiger partial charge on any atom is 0.217 e. The molecule has 8 nitrogen and oxygen atoms in total. The lowest BCUT2D eigenvalue weighted by atomic mass is 9.42. The summed E-state index contributed by atoms with van der Waals surface area (Å²) in [6.07, 6.45) is 12.5. The SMILES string of the molecule is C[C@]12CC[C@H]3[C@@H]([C@H](CCCc4cc(OCCCC(N)=O)cc(OCCCC(N)=O)c4)CC4CC(=O)CC[C@@]43C)[C@@H]1CC[C@@H]2O. The number of carbonyl (C=O) groups is 3. The molecule has 1 aromatic carbocycles. The van der Waals surface area contributed by atoms with E-state index in [1.165, 1.54) is 6.42 Å². The Hall–Kier alpha value is -2.61. The van der Waals surface area contributed by atoms with E-state index in [1.807, 2.05) is 6.07 Å². The first-order valence-electron chi connectivity index (χ1n) is 17.2. The minimum Gasteiger partial charge on any atom is -0.493 e. The molecule has 5 rings (SSSR count). The fourth-order valence-corrected chi connectivity index (χ4v) is 9.87. The number of primary amides is 2. The van der Waals surface area contributed by atoms with Gasteiger partial charge in [0.25, 0.3) is 0 Å². The van der Waals surface area contributed by atoms with Crippen molar-refractivity contribution in [3.8, 4) is 11.5 Å². The zero-order chi connectivity index (χ0) is 31.5. The van der Waals surface area contributed by atoms with Gasteiger partial charge in [0.1, 0.15) is 17.3 Å². The van der Waals surface area contributed by atoms with E-state index in [9.17, 15) is 19.5 Å². The van der Waals surface area contributed by atoms with Crippen LogP contribution in [0.3, 0.4) is 0 Å². The standard InChI is InChI=1S/C36H54N2O6/c1-35-14-12-26(39)21-25(35)20-24(34-29-10-11-31(40)36(29,2)15-13-30(34)35)7-3-6-23-18-27(43-16-4-8-32(37)41)22-28(19-23)44-17-5-9-33(38)42/h18-19,22,24-25,29-31,34,40H,3-17,20-21H2,1-2H3,(H2,37,41)(H2,38,42)/t24-,25?,29+,30+,31+,34+,35+,36+/m1/s1. The average molecular weight is 611 g/mol. The van der Waals surface area contributed by atoms with Gasteiger partial charge >= 0.3 is 0 Å². The molecular weight excluding hydrogens is 556 g/mol. The second-order valence-corrected chi connectivity index (χ2v) is 14.9. The van der Waals surface area contributed by atoms with Crippen LogP contribution >= 0.6 is 0 Å². The number of rotatable bonds is 14. The van der Waals surface area contributed by atoms with E-state index in [-0.39, 0.29) is 41.6 Å². The van der Waals surface area contributed by atoms with E-state index < -0.39 is 0 Å². The van der Waals surface area contributed by atoms with Crippen LogP contribution in [0.2, 0.25) is 0 Å². The van der Waals surface area contributed by atoms with Crippen LogP contribution in [0.1, 0.15) is 109 Å². The highest BCUT2D eigenvalue weighted by atomic mass is 16.5. The Balaban J connectivity index is 1.29. The van der Waals surface area contributed by atoms with Crippen molar-refractivity contribution in [3.63, 3.8) is 0 Å². The number of nitrogens with two attached hydrogens (primary N) is 2. The van der Waals surface area contributed by atoms with Gasteiger partial charge in [0, 0.05) is 31.7 Å². The normalized spacial score (nSPS) is 34.5. The third-order valence-electron chi connectivity index (χ3n) is 12.3. The molecule has 2 amide bonds. The van der Waals surface area contributed by atoms with Crippen LogP contribution in [0.4, 0.5) is 0 Å². The predicted molar refractivity (Wildman–Crippen MR) is 169 cm³/mol. The van der Waals surface area contributed by atoms with E-state index >= 15 is 0 Å². The van der Waals surface area contributed by atoms with E-state index in [0.717, 1.165) is 69.8 Å². The van der Waals surface area contributed by atoms with E-state index in [2.05, 4.69) is 26.0 Å². The highest BCUT2D eigenvalue weighted by molar-refractivity contribution is 5.79. The van der Waals surface area contributed by atoms with Gasteiger partial charge in [-0.15, -0.1) is 0 Å². The van der Waals surface area contributed by atoms with Crippen molar-refractivity contribution in [2.45, 2.75) is 116 Å². The van der Waals surface area contributed by atoms with Gasteiger partial charge in [0.15, 0.2) is 0 Å². The Morgan fingerprint density at radius 1 is 0.886 bits per heavy atom. The minimum absolute atomic E-state index is 0.0219. The quantitative estimate of drug-likeness (QED) is 0.238. The molecule has 8 atom stereocenters. The summed E-state index contributed by atoms with van der Waals surface area (Å²) in [5.41, 5.74) is 12.0. The highest BCUT2D eigenvalue weighted by Crippen LogP contribution is 2.67. The third-order valence-corrected chi connectivity index (χ3v) is 12.3. The lowest BCUT2D eigenvalue weighted by molar-refractivity contribution is -0.156. The molecule has 4 fully saturated rings. The molecular formula is C36H54N2O6. The molecule has 0 saturated heterocycles. The molecule has 44 heavy (non-hydrogen) atoms. The van der Waals surface area contributed by atoms with Gasteiger partial charge in [-0.05, 0) is 129 Å². The highest BCUT2D eigenvalue weighted by Gasteiger charge is 2.62. The molecule has 8 heteroatoms. The molecule has 4 aliphatic rings. The fraction of sp³-hybridized carbons (Fsp3) is 0.750. The van der Waals surface area contributed by atoms with Crippen molar-refractivity contribution in [2.24, 2.45) is 51.9 Å². The largest absolute Gasteiger partial charge is 0.493 e. The summed E-state index contributed by atoms with van der Waals surface area (Å²) < 4.78 is 12.0. The van der Waals surface area contributed by atoms with Crippen molar-refractivity contribution in [1.82, 2.24) is 0 Å². The number of benzene rings is 1. The lowest BCUT2D eigenvalue weighted by Gasteiger charge is -2.62. The monoisotopic (exact) mass is 610 g/mol. The molecule has 0 spiro atoms. The van der Waals surface area contributed by atoms with Crippen molar-refractivity contribution in [3.05, 3.63) is 23.8 Å². The second-order valence-electron chi connectivity index (χ2n) is 14.9. The number of ether oxygens (including phenoxy) is 2. The number of aliphatic hydroxyl groups is 1. The minimum atomic E-state index is -0.339. The van der Waals surface area contributed by atoms with Gasteiger partial charge in [-0.2, -0.15) is 0 Å².